The number of nitrogens with zero attached hydrogens (tertiary/aromatic N) is 2. The lowest BCUT2D eigenvalue weighted by atomic mass is 9.83. The average molecular weight is 264 g/mol. The van der Waals surface area contributed by atoms with Crippen LogP contribution in [0.2, 0.25) is 0 Å². The molecule has 3 N–H and O–H groups in total. The van der Waals surface area contributed by atoms with Crippen LogP contribution in [0.5, 0.6) is 0 Å². The van der Waals surface area contributed by atoms with Gasteiger partial charge in [-0.15, -0.1) is 0 Å². The smallest absolute Gasteiger partial charge is 0.241 e. The summed E-state index contributed by atoms with van der Waals surface area (Å²) >= 11 is 0. The maximum absolute atomic E-state index is 11.9. The molecule has 106 valence electrons. The van der Waals surface area contributed by atoms with Crippen LogP contribution in [0, 0.1) is 5.92 Å². The molecular weight excluding hydrogens is 240 g/mol. The van der Waals surface area contributed by atoms with E-state index in [0.717, 1.165) is 18.8 Å². The van der Waals surface area contributed by atoms with Gasteiger partial charge < -0.3 is 11.1 Å². The topological polar surface area (TPSA) is 72.9 Å². The number of rotatable bonds is 5. The third kappa shape index (κ3) is 4.26. The molecule has 5 heteroatoms. The van der Waals surface area contributed by atoms with E-state index in [0.29, 0.717) is 11.7 Å². The summed E-state index contributed by atoms with van der Waals surface area (Å²) in [6.45, 7) is 2.50. The Morgan fingerprint density at radius 3 is 2.79 bits per heavy atom. The Bertz CT molecular complexity index is 407. The molecule has 0 aliphatic heterocycles. The second-order valence-electron chi connectivity index (χ2n) is 5.55. The Morgan fingerprint density at radius 2 is 2.21 bits per heavy atom. The van der Waals surface area contributed by atoms with Gasteiger partial charge in [0.05, 0.1) is 11.9 Å². The minimum Gasteiger partial charge on any atom is -0.396 e. The average Bonchev–Trinajstić information content (AvgIpc) is 2.77. The number of carbonyl (C=O) groups is 1. The van der Waals surface area contributed by atoms with E-state index in [1.165, 1.54) is 25.7 Å². The maximum Gasteiger partial charge on any atom is 0.241 e. The lowest BCUT2D eigenvalue weighted by Gasteiger charge is -2.28. The first kappa shape index (κ1) is 13.9. The highest BCUT2D eigenvalue weighted by Crippen LogP contribution is 2.27. The van der Waals surface area contributed by atoms with Crippen LogP contribution in [0.25, 0.3) is 0 Å². The molecule has 1 aliphatic rings. The summed E-state index contributed by atoms with van der Waals surface area (Å²) in [5.41, 5.74) is 6.16. The Morgan fingerprint density at radius 1 is 1.47 bits per heavy atom. The summed E-state index contributed by atoms with van der Waals surface area (Å²) in [5.74, 6) is 0.895. The number of amides is 1. The van der Waals surface area contributed by atoms with Gasteiger partial charge in [0.25, 0.3) is 0 Å². The minimum absolute atomic E-state index is 0.0297. The molecule has 1 aromatic heterocycles. The lowest BCUT2D eigenvalue weighted by molar-refractivity contribution is -0.122. The van der Waals surface area contributed by atoms with Gasteiger partial charge in [0.1, 0.15) is 6.54 Å². The third-order valence-electron chi connectivity index (χ3n) is 3.87. The van der Waals surface area contributed by atoms with Gasteiger partial charge >= 0.3 is 0 Å². The molecule has 1 fully saturated rings. The lowest BCUT2D eigenvalue weighted by Crippen LogP contribution is -2.39. The van der Waals surface area contributed by atoms with Gasteiger partial charge in [-0.2, -0.15) is 5.10 Å². The Kier molecular flexibility index (Phi) is 4.82. The number of nitrogens with two attached hydrogens (primary N) is 1. The fourth-order valence-electron chi connectivity index (χ4n) is 2.89. The molecule has 0 unspecified atom stereocenters. The molecular formula is C14H24N4O. The van der Waals surface area contributed by atoms with Gasteiger partial charge in [-0.1, -0.05) is 19.8 Å². The number of carbonyl (C=O) groups excluding carboxylic acids is 1. The molecule has 0 bridgehead atoms. The molecule has 0 atom stereocenters. The molecule has 0 aromatic carbocycles. The highest BCUT2D eigenvalue weighted by atomic mass is 16.2. The molecule has 1 aromatic rings. The van der Waals surface area contributed by atoms with Crippen LogP contribution in [0.4, 0.5) is 5.69 Å². The van der Waals surface area contributed by atoms with Crippen molar-refractivity contribution >= 4 is 11.6 Å². The van der Waals surface area contributed by atoms with Gasteiger partial charge in [-0.25, -0.2) is 0 Å². The van der Waals surface area contributed by atoms with Crippen molar-refractivity contribution in [2.75, 3.05) is 5.73 Å². The largest absolute Gasteiger partial charge is 0.396 e. The maximum atomic E-state index is 11.9. The van der Waals surface area contributed by atoms with Crippen molar-refractivity contribution in [1.82, 2.24) is 15.1 Å². The molecule has 1 amide bonds. The van der Waals surface area contributed by atoms with Crippen LogP contribution in [0.1, 0.15) is 45.4 Å². The van der Waals surface area contributed by atoms with Crippen LogP contribution < -0.4 is 11.1 Å². The predicted octanol–water partition coefficient (Wildman–Crippen LogP) is 1.94. The molecule has 1 aliphatic carbocycles. The number of hydrogen-bond donors (Lipinski definition) is 2. The zero-order valence-corrected chi connectivity index (χ0v) is 11.6. The van der Waals surface area contributed by atoms with E-state index in [2.05, 4.69) is 17.3 Å². The van der Waals surface area contributed by atoms with E-state index < -0.39 is 0 Å². The van der Waals surface area contributed by atoms with E-state index >= 15 is 0 Å². The standard InChI is InChI=1S/C14H24N4O/c1-2-3-11-4-6-13(7-5-11)17-14(19)10-18-9-12(15)8-16-18/h8-9,11,13H,2-7,10,15H2,1H3,(H,17,19). The Hall–Kier alpha value is -1.52. The molecule has 1 saturated carbocycles. The van der Waals surface area contributed by atoms with Crippen molar-refractivity contribution in [2.45, 2.75) is 58.0 Å². The number of nitrogens with one attached hydrogen (secondary N) is 1. The van der Waals surface area contributed by atoms with Gasteiger partial charge in [0.2, 0.25) is 5.91 Å². The second kappa shape index (κ2) is 6.59. The van der Waals surface area contributed by atoms with Crippen LogP contribution in [-0.2, 0) is 11.3 Å². The summed E-state index contributed by atoms with van der Waals surface area (Å²) in [7, 11) is 0. The summed E-state index contributed by atoms with van der Waals surface area (Å²) in [6, 6.07) is 0.341. The zero-order valence-electron chi connectivity index (χ0n) is 11.6. The van der Waals surface area contributed by atoms with Crippen molar-refractivity contribution < 1.29 is 4.79 Å². The first-order valence-electron chi connectivity index (χ1n) is 7.24. The summed E-state index contributed by atoms with van der Waals surface area (Å²) in [6.07, 6.45) is 10.5. The van der Waals surface area contributed by atoms with Crippen LogP contribution >= 0.6 is 0 Å². The molecule has 0 radical (unpaired) electrons. The van der Waals surface area contributed by atoms with Crippen molar-refractivity contribution in [3.8, 4) is 0 Å². The van der Waals surface area contributed by atoms with Crippen molar-refractivity contribution in [2.24, 2.45) is 5.92 Å². The van der Waals surface area contributed by atoms with Gasteiger partial charge in [-0.05, 0) is 31.6 Å². The molecule has 0 spiro atoms. The second-order valence-corrected chi connectivity index (χ2v) is 5.55. The van der Waals surface area contributed by atoms with Gasteiger partial charge in [-0.3, -0.25) is 9.48 Å². The van der Waals surface area contributed by atoms with E-state index in [9.17, 15) is 4.79 Å². The van der Waals surface area contributed by atoms with Crippen molar-refractivity contribution in [3.63, 3.8) is 0 Å². The number of anilines is 1. The molecule has 0 saturated heterocycles. The van der Waals surface area contributed by atoms with Crippen LogP contribution in [-0.4, -0.2) is 21.7 Å². The highest BCUT2D eigenvalue weighted by molar-refractivity contribution is 5.76. The van der Waals surface area contributed by atoms with E-state index in [4.69, 9.17) is 5.73 Å². The van der Waals surface area contributed by atoms with Crippen LogP contribution in [0.15, 0.2) is 12.4 Å². The highest BCUT2D eigenvalue weighted by Gasteiger charge is 2.21. The van der Waals surface area contributed by atoms with E-state index in [1.54, 1.807) is 17.1 Å². The first-order chi connectivity index (χ1) is 9.17. The first-order valence-corrected chi connectivity index (χ1v) is 7.24. The number of hydrogen-bond acceptors (Lipinski definition) is 3. The number of nitrogen functional groups attached to an aromatic ring is 1. The SMILES string of the molecule is CCCC1CCC(NC(=O)Cn2cc(N)cn2)CC1. The fourth-order valence-corrected chi connectivity index (χ4v) is 2.89. The summed E-state index contributed by atoms with van der Waals surface area (Å²) in [4.78, 5) is 11.9. The molecule has 2 rings (SSSR count). The molecule has 19 heavy (non-hydrogen) atoms. The van der Waals surface area contributed by atoms with Crippen LogP contribution in [0.3, 0.4) is 0 Å². The number of aromatic nitrogens is 2. The molecule has 1 heterocycles. The Balaban J connectivity index is 1.71. The Labute approximate surface area is 114 Å². The molecule has 5 nitrogen and oxygen atoms in total. The van der Waals surface area contributed by atoms with Gasteiger partial charge in [0, 0.05) is 12.2 Å². The minimum atomic E-state index is 0.0297. The third-order valence-corrected chi connectivity index (χ3v) is 3.87. The van der Waals surface area contributed by atoms with Crippen molar-refractivity contribution in [1.29, 1.82) is 0 Å². The summed E-state index contributed by atoms with van der Waals surface area (Å²) < 4.78 is 1.58. The quantitative estimate of drug-likeness (QED) is 0.853. The normalized spacial score (nSPS) is 23.2. The monoisotopic (exact) mass is 264 g/mol. The zero-order chi connectivity index (χ0) is 13.7. The summed E-state index contributed by atoms with van der Waals surface area (Å²) in [5, 5.41) is 7.11. The van der Waals surface area contributed by atoms with Gasteiger partial charge in [0.15, 0.2) is 0 Å². The fraction of sp³-hybridized carbons (Fsp3) is 0.714. The predicted molar refractivity (Wildman–Crippen MR) is 75.4 cm³/mol. The van der Waals surface area contributed by atoms with E-state index in [1.807, 2.05) is 0 Å². The van der Waals surface area contributed by atoms with Crippen molar-refractivity contribution in [3.05, 3.63) is 12.4 Å². The van der Waals surface area contributed by atoms with E-state index in [-0.39, 0.29) is 12.5 Å².